The van der Waals surface area contributed by atoms with Gasteiger partial charge >= 0.3 is 0 Å². The Hall–Kier alpha value is -8.42. The van der Waals surface area contributed by atoms with Gasteiger partial charge in [0.25, 0.3) is 0 Å². The average molecular weight is 839 g/mol. The van der Waals surface area contributed by atoms with Crippen molar-refractivity contribution in [1.29, 1.82) is 0 Å². The largest absolute Gasteiger partial charge is 0.456 e. The highest BCUT2D eigenvalue weighted by Gasteiger charge is 2.17. The lowest BCUT2D eigenvalue weighted by molar-refractivity contribution is 0.669. The third-order valence-corrected chi connectivity index (χ3v) is 11.9. The minimum atomic E-state index is 0.615. The third-order valence-electron chi connectivity index (χ3n) is 11.9. The van der Waals surface area contributed by atoms with E-state index in [1.807, 2.05) is 0 Å². The van der Waals surface area contributed by atoms with Gasteiger partial charge in [0.2, 0.25) is 0 Å². The number of benzene rings is 8. The van der Waals surface area contributed by atoms with Gasteiger partial charge in [-0.3, -0.25) is 0 Å². The van der Waals surface area contributed by atoms with Crippen LogP contribution in [-0.2, 0) is 0 Å². The molecule has 0 bridgehead atoms. The molecule has 0 aliphatic carbocycles. The molecule has 11 aromatic rings. The molecule has 7 heteroatoms. The Labute approximate surface area is 377 Å². The second-order valence-electron chi connectivity index (χ2n) is 16.8. The maximum Gasteiger partial charge on any atom is 0.164 e. The van der Waals surface area contributed by atoms with Crippen LogP contribution in [0.2, 0.25) is 0 Å². The van der Waals surface area contributed by atoms with E-state index in [2.05, 4.69) is 210 Å². The van der Waals surface area contributed by atoms with Crippen LogP contribution in [0.25, 0.3) is 113 Å². The second kappa shape index (κ2) is 16.4. The summed E-state index contributed by atoms with van der Waals surface area (Å²) in [5.41, 5.74) is 16.2. The molecule has 7 nitrogen and oxygen atoms in total. The molecular formula is C58H42N6O. The molecular weight excluding hydrogens is 797 g/mol. The van der Waals surface area contributed by atoms with Crippen molar-refractivity contribution in [1.82, 2.24) is 29.9 Å². The number of hydrogen-bond donors (Lipinski definition) is 0. The zero-order chi connectivity index (χ0) is 44.0. The van der Waals surface area contributed by atoms with Crippen LogP contribution in [0.1, 0.15) is 22.3 Å². The molecule has 3 heterocycles. The number of aromatic nitrogens is 6. The number of rotatable bonds is 8. The predicted octanol–water partition coefficient (Wildman–Crippen LogP) is 14.5. The Morgan fingerprint density at radius 2 is 0.492 bits per heavy atom. The standard InChI is InChI=1S/C58H42N6O/c1-35-11-19-39(20-12-35)53-59-54(40-21-13-36(2)14-22-40)62-57(61-53)47-9-5-7-43(31-47)45-27-29-51-49(33-45)50-34-46(28-30-52(50)65-51)44-8-6-10-48(32-44)58-63-55(41-23-15-37(3)16-24-41)60-56(64-58)42-25-17-38(4)18-26-42/h5-34H,1-4H3. The Bertz CT molecular complexity index is 3190. The molecule has 0 N–H and O–H groups in total. The van der Waals surface area contributed by atoms with E-state index >= 15 is 0 Å². The summed E-state index contributed by atoms with van der Waals surface area (Å²) in [5, 5.41) is 2.07. The fourth-order valence-corrected chi connectivity index (χ4v) is 8.15. The third kappa shape index (κ3) is 7.96. The van der Waals surface area contributed by atoms with Crippen LogP contribution in [0.5, 0.6) is 0 Å². The smallest absolute Gasteiger partial charge is 0.164 e. The maximum atomic E-state index is 6.42. The van der Waals surface area contributed by atoms with Crippen molar-refractivity contribution in [2.24, 2.45) is 0 Å². The maximum absolute atomic E-state index is 6.42. The van der Waals surface area contributed by atoms with Gasteiger partial charge in [0.15, 0.2) is 34.9 Å². The van der Waals surface area contributed by atoms with Crippen LogP contribution < -0.4 is 0 Å². The molecule has 0 unspecified atom stereocenters. The molecule has 0 aliphatic rings. The molecule has 0 fully saturated rings. The molecule has 0 aliphatic heterocycles. The number of fused-ring (bicyclic) bond motifs is 3. The van der Waals surface area contributed by atoms with Crippen LogP contribution in [-0.4, -0.2) is 29.9 Å². The molecule has 0 spiro atoms. The van der Waals surface area contributed by atoms with Gasteiger partial charge in [0.05, 0.1) is 0 Å². The molecule has 310 valence electrons. The minimum Gasteiger partial charge on any atom is -0.456 e. The Morgan fingerprint density at radius 1 is 0.246 bits per heavy atom. The number of furan rings is 1. The summed E-state index contributed by atoms with van der Waals surface area (Å²) in [6, 6.07) is 62.8. The van der Waals surface area contributed by atoms with Gasteiger partial charge in [0, 0.05) is 44.2 Å². The van der Waals surface area contributed by atoms with Crippen molar-refractivity contribution in [2.75, 3.05) is 0 Å². The van der Waals surface area contributed by atoms with Crippen LogP contribution in [0.4, 0.5) is 0 Å². The van der Waals surface area contributed by atoms with Crippen molar-refractivity contribution in [2.45, 2.75) is 27.7 Å². The molecule has 11 rings (SSSR count). The molecule has 0 saturated heterocycles. The van der Waals surface area contributed by atoms with E-state index < -0.39 is 0 Å². The summed E-state index contributed by atoms with van der Waals surface area (Å²) >= 11 is 0. The second-order valence-corrected chi connectivity index (χ2v) is 16.8. The molecule has 0 saturated carbocycles. The van der Waals surface area contributed by atoms with Gasteiger partial charge in [0.1, 0.15) is 11.2 Å². The number of aryl methyl sites for hydroxylation is 4. The first-order chi connectivity index (χ1) is 31.8. The highest BCUT2D eigenvalue weighted by Crippen LogP contribution is 2.37. The highest BCUT2D eigenvalue weighted by atomic mass is 16.3. The topological polar surface area (TPSA) is 90.5 Å². The van der Waals surface area contributed by atoms with Gasteiger partial charge in [-0.2, -0.15) is 0 Å². The summed E-state index contributed by atoms with van der Waals surface area (Å²) in [6.45, 7) is 8.32. The van der Waals surface area contributed by atoms with E-state index in [0.29, 0.717) is 34.9 Å². The number of hydrogen-bond acceptors (Lipinski definition) is 7. The van der Waals surface area contributed by atoms with Crippen molar-refractivity contribution in [3.63, 3.8) is 0 Å². The van der Waals surface area contributed by atoms with Crippen LogP contribution >= 0.6 is 0 Å². The first-order valence-corrected chi connectivity index (χ1v) is 21.7. The van der Waals surface area contributed by atoms with Gasteiger partial charge in [-0.25, -0.2) is 29.9 Å². The average Bonchev–Trinajstić information content (AvgIpc) is 3.72. The summed E-state index contributed by atoms with van der Waals surface area (Å²) < 4.78 is 6.42. The summed E-state index contributed by atoms with van der Waals surface area (Å²) in [7, 11) is 0. The van der Waals surface area contributed by atoms with Gasteiger partial charge in [-0.1, -0.05) is 168 Å². The lowest BCUT2D eigenvalue weighted by Gasteiger charge is -2.10. The van der Waals surface area contributed by atoms with Crippen molar-refractivity contribution in [3.8, 4) is 90.6 Å². The normalized spacial score (nSPS) is 11.4. The van der Waals surface area contributed by atoms with Crippen molar-refractivity contribution >= 4 is 21.9 Å². The van der Waals surface area contributed by atoms with Gasteiger partial charge in [-0.15, -0.1) is 0 Å². The monoisotopic (exact) mass is 838 g/mol. The van der Waals surface area contributed by atoms with Crippen molar-refractivity contribution in [3.05, 3.63) is 204 Å². The van der Waals surface area contributed by atoms with Gasteiger partial charge in [-0.05, 0) is 86.3 Å². The summed E-state index contributed by atoms with van der Waals surface area (Å²) in [6.07, 6.45) is 0. The molecule has 65 heavy (non-hydrogen) atoms. The van der Waals surface area contributed by atoms with E-state index in [4.69, 9.17) is 34.3 Å². The zero-order valence-corrected chi connectivity index (χ0v) is 36.4. The van der Waals surface area contributed by atoms with Crippen molar-refractivity contribution < 1.29 is 4.42 Å². The van der Waals surface area contributed by atoms with Crippen LogP contribution in [0, 0.1) is 27.7 Å². The molecule has 0 amide bonds. The molecule has 8 aromatic carbocycles. The summed E-state index contributed by atoms with van der Waals surface area (Å²) in [4.78, 5) is 30.0. The number of nitrogens with zero attached hydrogens (tertiary/aromatic N) is 6. The first kappa shape index (κ1) is 39.4. The lowest BCUT2D eigenvalue weighted by atomic mass is 9.98. The fourth-order valence-electron chi connectivity index (χ4n) is 8.15. The van der Waals surface area contributed by atoms with Crippen LogP contribution in [0.3, 0.4) is 0 Å². The van der Waals surface area contributed by atoms with Gasteiger partial charge < -0.3 is 4.42 Å². The lowest BCUT2D eigenvalue weighted by Crippen LogP contribution is -2.00. The molecule has 0 atom stereocenters. The predicted molar refractivity (Wildman–Crippen MR) is 263 cm³/mol. The van der Waals surface area contributed by atoms with E-state index in [1.54, 1.807) is 0 Å². The Morgan fingerprint density at radius 3 is 0.800 bits per heavy atom. The quantitative estimate of drug-likeness (QED) is 0.150. The summed E-state index contributed by atoms with van der Waals surface area (Å²) in [5.74, 6) is 3.77. The molecule has 0 radical (unpaired) electrons. The highest BCUT2D eigenvalue weighted by molar-refractivity contribution is 6.07. The SMILES string of the molecule is Cc1ccc(-c2nc(-c3ccc(C)cc3)nc(-c3cccc(-c4ccc5oc6ccc(-c7cccc(-c8nc(-c9ccc(C)cc9)nc(-c9ccc(C)cc9)n8)c7)cc6c5c4)c3)n2)cc1. The van der Waals surface area contributed by atoms with E-state index in [-0.39, 0.29) is 0 Å². The first-order valence-electron chi connectivity index (χ1n) is 21.7. The fraction of sp³-hybridized carbons (Fsp3) is 0.0690. The van der Waals surface area contributed by atoms with E-state index in [9.17, 15) is 0 Å². The molecule has 3 aromatic heterocycles. The van der Waals surface area contributed by atoms with E-state index in [1.165, 1.54) is 22.3 Å². The minimum absolute atomic E-state index is 0.615. The van der Waals surface area contributed by atoms with Crippen LogP contribution in [0.15, 0.2) is 186 Å². The van der Waals surface area contributed by atoms with E-state index in [0.717, 1.165) is 77.6 Å². The Balaban J connectivity index is 0.958. The zero-order valence-electron chi connectivity index (χ0n) is 36.4. The Kier molecular flexibility index (Phi) is 9.93.